The fourth-order valence-electron chi connectivity index (χ4n) is 4.05. The van der Waals surface area contributed by atoms with E-state index in [0.717, 1.165) is 38.5 Å². The normalized spacial score (nSPS) is 14.2. The lowest BCUT2D eigenvalue weighted by Gasteiger charge is -2.20. The second-order valence-electron chi connectivity index (χ2n) is 8.85. The maximum absolute atomic E-state index is 11.5. The second kappa shape index (κ2) is 19.8. The van der Waals surface area contributed by atoms with Crippen molar-refractivity contribution in [2.24, 2.45) is 0 Å². The van der Waals surface area contributed by atoms with E-state index in [-0.39, 0.29) is 0 Å². The summed E-state index contributed by atoms with van der Waals surface area (Å²) in [5.41, 5.74) is 0. The Balaban J connectivity index is 3.56. The predicted octanol–water partition coefficient (Wildman–Crippen LogP) is 7.45. The molecular formula is C24H50O4S. The molecule has 0 spiro atoms. The molecule has 0 aromatic carbocycles. The van der Waals surface area contributed by atoms with Crippen LogP contribution in [0.4, 0.5) is 0 Å². The van der Waals surface area contributed by atoms with Crippen molar-refractivity contribution in [2.75, 3.05) is 0 Å². The third kappa shape index (κ3) is 18.4. The third-order valence-electron chi connectivity index (χ3n) is 6.01. The average Bonchev–Trinajstić information content (AvgIpc) is 2.67. The number of hydrogen-bond acceptors (Lipinski definition) is 3. The fourth-order valence-corrected chi connectivity index (χ4v) is 5.04. The molecule has 0 aromatic rings. The molecule has 0 heterocycles. The average molecular weight is 435 g/mol. The van der Waals surface area contributed by atoms with E-state index in [2.05, 4.69) is 13.8 Å². The summed E-state index contributed by atoms with van der Waals surface area (Å²) in [6.07, 6.45) is 21.8. The fraction of sp³-hybridized carbons (Fsp3) is 1.00. The summed E-state index contributed by atoms with van der Waals surface area (Å²) >= 11 is 0. The monoisotopic (exact) mass is 434 g/mol. The van der Waals surface area contributed by atoms with Gasteiger partial charge in [0.2, 0.25) is 0 Å². The summed E-state index contributed by atoms with van der Waals surface area (Å²) in [5, 5.41) is 9.20. The summed E-state index contributed by atoms with van der Waals surface area (Å²) < 4.78 is 32.4. The van der Waals surface area contributed by atoms with E-state index >= 15 is 0 Å². The van der Waals surface area contributed by atoms with Gasteiger partial charge in [0.15, 0.2) is 0 Å². The van der Waals surface area contributed by atoms with E-state index in [9.17, 15) is 18.1 Å². The molecule has 5 heteroatoms. The lowest BCUT2D eigenvalue weighted by molar-refractivity contribution is 0.146. The summed E-state index contributed by atoms with van der Waals surface area (Å²) in [6.45, 7) is 4.31. The molecule has 4 nitrogen and oxygen atoms in total. The van der Waals surface area contributed by atoms with Gasteiger partial charge in [-0.05, 0) is 12.8 Å². The van der Waals surface area contributed by atoms with E-state index in [0.29, 0.717) is 12.8 Å². The van der Waals surface area contributed by atoms with Crippen molar-refractivity contribution in [1.29, 1.82) is 0 Å². The molecule has 0 aliphatic rings. The highest BCUT2D eigenvalue weighted by Gasteiger charge is 2.29. The molecule has 2 N–H and O–H groups in total. The van der Waals surface area contributed by atoms with Gasteiger partial charge in [0.1, 0.15) is 5.25 Å². The van der Waals surface area contributed by atoms with Gasteiger partial charge in [-0.1, -0.05) is 129 Å². The molecule has 2 unspecified atom stereocenters. The molecule has 0 saturated carbocycles. The first kappa shape index (κ1) is 28.9. The SMILES string of the molecule is CCCCCCCCCCCCCCCCCC(O)C(CCCCC)S(=O)(=O)O. The van der Waals surface area contributed by atoms with E-state index < -0.39 is 21.5 Å². The molecular weight excluding hydrogens is 384 g/mol. The van der Waals surface area contributed by atoms with Crippen molar-refractivity contribution in [1.82, 2.24) is 0 Å². The number of aliphatic hydroxyl groups is 1. The molecule has 0 aromatic heterocycles. The topological polar surface area (TPSA) is 74.6 Å². The molecule has 0 aliphatic carbocycles. The first-order chi connectivity index (χ1) is 13.9. The summed E-state index contributed by atoms with van der Waals surface area (Å²) in [7, 11) is -4.17. The zero-order chi connectivity index (χ0) is 21.8. The number of unbranched alkanes of at least 4 members (excludes halogenated alkanes) is 16. The van der Waals surface area contributed by atoms with Crippen LogP contribution in [0, 0.1) is 0 Å². The first-order valence-corrected chi connectivity index (χ1v) is 14.1. The molecule has 2 atom stereocenters. The van der Waals surface area contributed by atoms with E-state index in [1.54, 1.807) is 0 Å². The minimum atomic E-state index is -4.17. The maximum Gasteiger partial charge on any atom is 0.270 e. The zero-order valence-corrected chi connectivity index (χ0v) is 20.2. The van der Waals surface area contributed by atoms with Gasteiger partial charge >= 0.3 is 0 Å². The Morgan fingerprint density at radius 2 is 0.862 bits per heavy atom. The Kier molecular flexibility index (Phi) is 19.7. The second-order valence-corrected chi connectivity index (χ2v) is 10.5. The van der Waals surface area contributed by atoms with Crippen molar-refractivity contribution in [3.63, 3.8) is 0 Å². The van der Waals surface area contributed by atoms with Crippen LogP contribution in [0.3, 0.4) is 0 Å². The highest BCUT2D eigenvalue weighted by atomic mass is 32.2. The molecule has 0 saturated heterocycles. The summed E-state index contributed by atoms with van der Waals surface area (Å²) in [4.78, 5) is 0. The Hall–Kier alpha value is -0.130. The highest BCUT2D eigenvalue weighted by molar-refractivity contribution is 7.86. The van der Waals surface area contributed by atoms with Crippen LogP contribution >= 0.6 is 0 Å². The molecule has 0 radical (unpaired) electrons. The predicted molar refractivity (Wildman–Crippen MR) is 125 cm³/mol. The highest BCUT2D eigenvalue weighted by Crippen LogP contribution is 2.19. The van der Waals surface area contributed by atoms with Crippen molar-refractivity contribution < 1.29 is 18.1 Å². The lowest BCUT2D eigenvalue weighted by Crippen LogP contribution is -2.33. The lowest BCUT2D eigenvalue weighted by atomic mass is 10.0. The van der Waals surface area contributed by atoms with Crippen molar-refractivity contribution in [2.45, 2.75) is 154 Å². The standard InChI is InChI=1S/C24H50O4S/c1-3-5-7-8-9-10-11-12-13-14-15-16-17-18-20-21-23(25)24(29(26,27)28)22-19-6-4-2/h23-25H,3-22H2,1-2H3,(H,26,27,28). The molecule has 0 amide bonds. The minimum absolute atomic E-state index is 0.354. The van der Waals surface area contributed by atoms with Gasteiger partial charge in [0.25, 0.3) is 10.1 Å². The summed E-state index contributed by atoms with van der Waals surface area (Å²) in [5.74, 6) is 0. The third-order valence-corrected chi connectivity index (χ3v) is 7.32. The molecule has 29 heavy (non-hydrogen) atoms. The Bertz CT molecular complexity index is 436. The van der Waals surface area contributed by atoms with Crippen LogP contribution < -0.4 is 0 Å². The Morgan fingerprint density at radius 3 is 1.24 bits per heavy atom. The number of aliphatic hydroxyl groups excluding tert-OH is 1. The molecule has 176 valence electrons. The Morgan fingerprint density at radius 1 is 0.552 bits per heavy atom. The van der Waals surface area contributed by atoms with Crippen LogP contribution in [-0.4, -0.2) is 29.4 Å². The van der Waals surface area contributed by atoms with Gasteiger partial charge in [0, 0.05) is 0 Å². The Labute approximate surface area is 182 Å². The van der Waals surface area contributed by atoms with Gasteiger partial charge in [-0.3, -0.25) is 4.55 Å². The molecule has 0 rings (SSSR count). The number of hydrogen-bond donors (Lipinski definition) is 2. The van der Waals surface area contributed by atoms with E-state index in [1.165, 1.54) is 77.0 Å². The van der Waals surface area contributed by atoms with Crippen molar-refractivity contribution in [3.05, 3.63) is 0 Å². The smallest absolute Gasteiger partial charge is 0.270 e. The van der Waals surface area contributed by atoms with Gasteiger partial charge in [-0.25, -0.2) is 0 Å². The van der Waals surface area contributed by atoms with E-state index in [1.807, 2.05) is 0 Å². The van der Waals surface area contributed by atoms with Gasteiger partial charge in [0.05, 0.1) is 6.10 Å². The number of rotatable bonds is 22. The molecule has 0 aliphatic heterocycles. The van der Waals surface area contributed by atoms with Crippen molar-refractivity contribution in [3.8, 4) is 0 Å². The minimum Gasteiger partial charge on any atom is -0.392 e. The van der Waals surface area contributed by atoms with Gasteiger partial charge < -0.3 is 5.11 Å². The van der Waals surface area contributed by atoms with Crippen molar-refractivity contribution >= 4 is 10.1 Å². The molecule has 0 bridgehead atoms. The largest absolute Gasteiger partial charge is 0.392 e. The van der Waals surface area contributed by atoms with Crippen LogP contribution in [0.2, 0.25) is 0 Å². The first-order valence-electron chi connectivity index (χ1n) is 12.6. The zero-order valence-electron chi connectivity index (χ0n) is 19.4. The maximum atomic E-state index is 11.5. The van der Waals surface area contributed by atoms with Crippen LogP contribution in [-0.2, 0) is 10.1 Å². The van der Waals surface area contributed by atoms with Crippen LogP contribution in [0.15, 0.2) is 0 Å². The van der Waals surface area contributed by atoms with E-state index in [4.69, 9.17) is 0 Å². The van der Waals surface area contributed by atoms with Gasteiger partial charge in [-0.15, -0.1) is 0 Å². The summed E-state index contributed by atoms with van der Waals surface area (Å²) in [6, 6.07) is 0. The molecule has 0 fully saturated rings. The van der Waals surface area contributed by atoms with Crippen LogP contribution in [0.5, 0.6) is 0 Å². The van der Waals surface area contributed by atoms with Gasteiger partial charge in [-0.2, -0.15) is 8.42 Å². The quantitative estimate of drug-likeness (QED) is 0.137. The van der Waals surface area contributed by atoms with Crippen LogP contribution in [0.25, 0.3) is 0 Å². The van der Waals surface area contributed by atoms with Crippen LogP contribution in [0.1, 0.15) is 142 Å².